The van der Waals surface area contributed by atoms with E-state index < -0.39 is 0 Å². The van der Waals surface area contributed by atoms with Crippen LogP contribution in [0.15, 0.2) is 79.8 Å². The predicted octanol–water partition coefficient (Wildman–Crippen LogP) is 5.49. The van der Waals surface area contributed by atoms with Gasteiger partial charge in [0, 0.05) is 43.6 Å². The summed E-state index contributed by atoms with van der Waals surface area (Å²) in [4.78, 5) is 11.0. The SMILES string of the molecule is C=CC(=C)Nc1cc(Nc2nccc(-n3ccc4cc(F)ccc43)n2)c(OC)cc1N(C)C. The smallest absolute Gasteiger partial charge is 0.229 e. The molecule has 0 saturated heterocycles. The van der Waals surface area contributed by atoms with Gasteiger partial charge < -0.3 is 24.8 Å². The number of fused-ring (bicyclic) bond motifs is 1. The maximum Gasteiger partial charge on any atom is 0.229 e. The molecule has 0 amide bonds. The lowest BCUT2D eigenvalue weighted by Gasteiger charge is -2.22. The summed E-state index contributed by atoms with van der Waals surface area (Å²) in [5.74, 6) is 1.39. The zero-order valence-corrected chi connectivity index (χ0v) is 18.8. The van der Waals surface area contributed by atoms with Gasteiger partial charge in [-0.2, -0.15) is 4.98 Å². The van der Waals surface area contributed by atoms with Gasteiger partial charge >= 0.3 is 0 Å². The van der Waals surface area contributed by atoms with E-state index in [9.17, 15) is 4.39 Å². The van der Waals surface area contributed by atoms with Crippen molar-refractivity contribution in [1.29, 1.82) is 0 Å². The Morgan fingerprint density at radius 1 is 1.15 bits per heavy atom. The van der Waals surface area contributed by atoms with Gasteiger partial charge in [0.05, 0.1) is 29.7 Å². The van der Waals surface area contributed by atoms with E-state index >= 15 is 0 Å². The topological polar surface area (TPSA) is 67.2 Å². The molecule has 2 aromatic heterocycles. The van der Waals surface area contributed by atoms with Gasteiger partial charge in [-0.25, -0.2) is 9.37 Å². The fourth-order valence-electron chi connectivity index (χ4n) is 3.51. The molecule has 4 aromatic rings. The monoisotopic (exact) mass is 444 g/mol. The first-order chi connectivity index (χ1) is 15.9. The average Bonchev–Trinajstić information content (AvgIpc) is 3.22. The van der Waals surface area contributed by atoms with E-state index in [2.05, 4.69) is 33.8 Å². The van der Waals surface area contributed by atoms with Crippen molar-refractivity contribution in [3.05, 3.63) is 85.6 Å². The number of ether oxygens (including phenoxy) is 1. The van der Waals surface area contributed by atoms with E-state index in [0.717, 1.165) is 22.3 Å². The Hall–Kier alpha value is -4.33. The van der Waals surface area contributed by atoms with E-state index in [1.807, 2.05) is 48.0 Å². The molecule has 8 heteroatoms. The van der Waals surface area contributed by atoms with Crippen LogP contribution in [0.25, 0.3) is 16.7 Å². The van der Waals surface area contributed by atoms with Crippen molar-refractivity contribution in [3.63, 3.8) is 0 Å². The number of rotatable bonds is 8. The quantitative estimate of drug-likeness (QED) is 0.350. The van der Waals surface area contributed by atoms with Crippen molar-refractivity contribution in [2.75, 3.05) is 36.7 Å². The lowest BCUT2D eigenvalue weighted by Crippen LogP contribution is -2.13. The zero-order valence-electron chi connectivity index (χ0n) is 18.8. The number of allylic oxidation sites excluding steroid dienone is 1. The standard InChI is InChI=1S/C25H25FN6O/c1-6-16(2)28-19-14-20(23(33-5)15-22(19)31(3)4)29-25-27-11-9-24(30-25)32-12-10-17-13-18(26)7-8-21(17)32/h6-15,28H,1-2H2,3-5H3,(H,27,29,30). The number of nitrogens with one attached hydrogen (secondary N) is 2. The van der Waals surface area contributed by atoms with Gasteiger partial charge in [0.1, 0.15) is 17.4 Å². The number of benzene rings is 2. The first-order valence-corrected chi connectivity index (χ1v) is 10.2. The van der Waals surface area contributed by atoms with Gasteiger partial charge in [-0.3, -0.25) is 0 Å². The van der Waals surface area contributed by atoms with Crippen LogP contribution in [-0.2, 0) is 0 Å². The summed E-state index contributed by atoms with van der Waals surface area (Å²) in [5.41, 5.74) is 3.94. The minimum atomic E-state index is -0.276. The number of halogens is 1. The molecule has 0 unspecified atom stereocenters. The molecule has 0 aliphatic rings. The molecular formula is C25H25FN6O. The second-order valence-electron chi connectivity index (χ2n) is 7.57. The summed E-state index contributed by atoms with van der Waals surface area (Å²) in [6.07, 6.45) is 5.17. The number of aromatic nitrogens is 3. The number of anilines is 4. The lowest BCUT2D eigenvalue weighted by molar-refractivity contribution is 0.417. The molecule has 33 heavy (non-hydrogen) atoms. The van der Waals surface area contributed by atoms with Crippen LogP contribution in [0.2, 0.25) is 0 Å². The highest BCUT2D eigenvalue weighted by atomic mass is 19.1. The van der Waals surface area contributed by atoms with Crippen molar-refractivity contribution < 1.29 is 9.13 Å². The number of methoxy groups -OCH3 is 1. The first-order valence-electron chi connectivity index (χ1n) is 10.2. The minimum absolute atomic E-state index is 0.276. The average molecular weight is 445 g/mol. The molecule has 0 fully saturated rings. The summed E-state index contributed by atoms with van der Waals surface area (Å²) < 4.78 is 21.1. The summed E-state index contributed by atoms with van der Waals surface area (Å²) >= 11 is 0. The third-order valence-corrected chi connectivity index (χ3v) is 5.13. The van der Waals surface area contributed by atoms with E-state index in [4.69, 9.17) is 4.74 Å². The third-order valence-electron chi connectivity index (χ3n) is 5.13. The van der Waals surface area contributed by atoms with Gasteiger partial charge in [0.25, 0.3) is 0 Å². The van der Waals surface area contributed by atoms with E-state index in [1.165, 1.54) is 12.1 Å². The Kier molecular flexibility index (Phi) is 5.99. The Bertz CT molecular complexity index is 1340. The number of nitrogens with zero attached hydrogens (tertiary/aromatic N) is 4. The molecule has 168 valence electrons. The Morgan fingerprint density at radius 2 is 1.97 bits per heavy atom. The molecule has 7 nitrogen and oxygen atoms in total. The fraction of sp³-hybridized carbons (Fsp3) is 0.120. The highest BCUT2D eigenvalue weighted by Gasteiger charge is 2.14. The molecule has 2 aromatic carbocycles. The van der Waals surface area contributed by atoms with Gasteiger partial charge in [0.15, 0.2) is 0 Å². The molecule has 0 spiro atoms. The van der Waals surface area contributed by atoms with E-state index in [-0.39, 0.29) is 5.82 Å². The van der Waals surface area contributed by atoms with E-state index in [1.54, 1.807) is 31.5 Å². The van der Waals surface area contributed by atoms with Gasteiger partial charge in [-0.15, -0.1) is 0 Å². The maximum atomic E-state index is 13.6. The summed E-state index contributed by atoms with van der Waals surface area (Å²) in [6.45, 7) is 7.70. The first kappa shape index (κ1) is 21.9. The normalized spacial score (nSPS) is 10.7. The Balaban J connectivity index is 1.72. The van der Waals surface area contributed by atoms with Crippen molar-refractivity contribution in [1.82, 2.24) is 14.5 Å². The van der Waals surface area contributed by atoms with Crippen LogP contribution in [0.4, 0.5) is 27.4 Å². The minimum Gasteiger partial charge on any atom is -0.494 e. The molecule has 2 N–H and O–H groups in total. The van der Waals surface area contributed by atoms with Crippen molar-refractivity contribution in [2.24, 2.45) is 0 Å². The van der Waals surface area contributed by atoms with Crippen LogP contribution in [-0.4, -0.2) is 35.7 Å². The highest BCUT2D eigenvalue weighted by Crippen LogP contribution is 2.38. The second kappa shape index (κ2) is 9.04. The van der Waals surface area contributed by atoms with Crippen molar-refractivity contribution >= 4 is 33.9 Å². The van der Waals surface area contributed by atoms with Crippen molar-refractivity contribution in [2.45, 2.75) is 0 Å². The second-order valence-corrected chi connectivity index (χ2v) is 7.57. The molecule has 0 bridgehead atoms. The summed E-state index contributed by atoms with van der Waals surface area (Å²) in [6, 6.07) is 12.1. The van der Waals surface area contributed by atoms with Gasteiger partial charge in [-0.05, 0) is 42.5 Å². The molecular weight excluding hydrogens is 419 g/mol. The summed E-state index contributed by atoms with van der Waals surface area (Å²) in [5, 5.41) is 7.29. The van der Waals surface area contributed by atoms with Crippen molar-refractivity contribution in [3.8, 4) is 11.6 Å². The third kappa shape index (κ3) is 4.50. The zero-order chi connectivity index (χ0) is 23.5. The molecule has 0 radical (unpaired) electrons. The van der Waals surface area contributed by atoms with Crippen LogP contribution >= 0.6 is 0 Å². The molecule has 0 aliphatic carbocycles. The van der Waals surface area contributed by atoms with Crippen LogP contribution in [0, 0.1) is 5.82 Å². The van der Waals surface area contributed by atoms with Crippen LogP contribution < -0.4 is 20.3 Å². The Labute approximate surface area is 191 Å². The van der Waals surface area contributed by atoms with Gasteiger partial charge in [0.2, 0.25) is 5.95 Å². The number of hydrogen-bond acceptors (Lipinski definition) is 6. The number of hydrogen-bond donors (Lipinski definition) is 2. The predicted molar refractivity (Wildman–Crippen MR) is 132 cm³/mol. The largest absolute Gasteiger partial charge is 0.494 e. The molecule has 0 atom stereocenters. The van der Waals surface area contributed by atoms with Crippen LogP contribution in [0.1, 0.15) is 0 Å². The molecule has 2 heterocycles. The fourth-order valence-corrected chi connectivity index (χ4v) is 3.51. The maximum absolute atomic E-state index is 13.6. The molecule has 4 rings (SSSR count). The van der Waals surface area contributed by atoms with Crippen LogP contribution in [0.3, 0.4) is 0 Å². The highest BCUT2D eigenvalue weighted by molar-refractivity contribution is 5.83. The lowest BCUT2D eigenvalue weighted by atomic mass is 10.2. The van der Waals surface area contributed by atoms with E-state index in [0.29, 0.717) is 28.9 Å². The molecule has 0 saturated carbocycles. The van der Waals surface area contributed by atoms with Gasteiger partial charge in [-0.1, -0.05) is 13.2 Å². The molecule has 0 aliphatic heterocycles. The summed E-state index contributed by atoms with van der Waals surface area (Å²) in [7, 11) is 5.51. The Morgan fingerprint density at radius 3 is 2.70 bits per heavy atom. The van der Waals surface area contributed by atoms with Crippen LogP contribution in [0.5, 0.6) is 5.75 Å².